The number of amides is 1. The van der Waals surface area contributed by atoms with Crippen molar-refractivity contribution >= 4 is 17.3 Å². The summed E-state index contributed by atoms with van der Waals surface area (Å²) in [6.45, 7) is 8.57. The normalized spacial score (nSPS) is 14.7. The van der Waals surface area contributed by atoms with Gasteiger partial charge in [0.2, 0.25) is 0 Å². The molecular formula is C21H25N4O+. The number of nitrogens with zero attached hydrogens (tertiary/aromatic N) is 2. The Balaban J connectivity index is 1.53. The molecule has 1 fully saturated rings. The summed E-state index contributed by atoms with van der Waals surface area (Å²) in [4.78, 5) is 16.0. The fourth-order valence-corrected chi connectivity index (χ4v) is 3.42. The molecule has 3 rings (SSSR count). The molecule has 1 amide bonds. The molecule has 1 saturated heterocycles. The summed E-state index contributed by atoms with van der Waals surface area (Å²) in [5.41, 5.74) is 5.20. The number of anilines is 2. The first-order valence-electron chi connectivity index (χ1n) is 9.01. The average molecular weight is 349 g/mol. The topological polar surface area (TPSA) is 60.6 Å². The van der Waals surface area contributed by atoms with Crippen LogP contribution in [-0.4, -0.2) is 38.6 Å². The highest BCUT2D eigenvalue weighted by molar-refractivity contribution is 5.91. The van der Waals surface area contributed by atoms with Gasteiger partial charge in [-0.2, -0.15) is 5.26 Å². The van der Waals surface area contributed by atoms with Gasteiger partial charge in [0.05, 0.1) is 37.8 Å². The van der Waals surface area contributed by atoms with E-state index in [-0.39, 0.29) is 5.91 Å². The quantitative estimate of drug-likeness (QED) is 0.880. The molecule has 5 heteroatoms. The summed E-state index contributed by atoms with van der Waals surface area (Å²) < 4.78 is 0. The van der Waals surface area contributed by atoms with Crippen molar-refractivity contribution in [2.24, 2.45) is 0 Å². The monoisotopic (exact) mass is 349 g/mol. The summed E-state index contributed by atoms with van der Waals surface area (Å²) in [6.07, 6.45) is 0. The van der Waals surface area contributed by atoms with Gasteiger partial charge in [-0.3, -0.25) is 4.79 Å². The first-order valence-corrected chi connectivity index (χ1v) is 9.01. The maximum atomic E-state index is 12.3. The predicted molar refractivity (Wildman–Crippen MR) is 103 cm³/mol. The highest BCUT2D eigenvalue weighted by Crippen LogP contribution is 2.22. The highest BCUT2D eigenvalue weighted by atomic mass is 16.2. The van der Waals surface area contributed by atoms with E-state index in [1.165, 1.54) is 21.7 Å². The number of aryl methyl sites for hydroxylation is 1. The van der Waals surface area contributed by atoms with Crippen LogP contribution in [0, 0.1) is 25.2 Å². The number of hydrogen-bond donors (Lipinski definition) is 2. The van der Waals surface area contributed by atoms with Crippen molar-refractivity contribution in [1.82, 2.24) is 0 Å². The summed E-state index contributed by atoms with van der Waals surface area (Å²) in [5, 5.41) is 11.8. The third-order valence-corrected chi connectivity index (χ3v) is 5.07. The number of carbonyl (C=O) groups is 1. The van der Waals surface area contributed by atoms with Gasteiger partial charge in [-0.05, 0) is 49.2 Å². The molecule has 0 atom stereocenters. The van der Waals surface area contributed by atoms with Crippen molar-refractivity contribution in [2.75, 3.05) is 42.9 Å². The van der Waals surface area contributed by atoms with Gasteiger partial charge < -0.3 is 15.1 Å². The fraction of sp³-hybridized carbons (Fsp3) is 0.333. The molecule has 5 nitrogen and oxygen atoms in total. The Labute approximate surface area is 154 Å². The molecule has 0 aromatic heterocycles. The van der Waals surface area contributed by atoms with Crippen molar-refractivity contribution in [3.05, 3.63) is 59.2 Å². The van der Waals surface area contributed by atoms with E-state index in [2.05, 4.69) is 48.3 Å². The van der Waals surface area contributed by atoms with E-state index in [0.717, 1.165) is 26.2 Å². The zero-order valence-corrected chi connectivity index (χ0v) is 15.4. The van der Waals surface area contributed by atoms with E-state index in [1.54, 1.807) is 18.2 Å². The van der Waals surface area contributed by atoms with E-state index in [9.17, 15) is 4.79 Å². The second kappa shape index (κ2) is 8.03. The van der Waals surface area contributed by atoms with Crippen LogP contribution in [-0.2, 0) is 4.79 Å². The van der Waals surface area contributed by atoms with Crippen LogP contribution in [0.3, 0.4) is 0 Å². The summed E-state index contributed by atoms with van der Waals surface area (Å²) in [7, 11) is 0. The van der Waals surface area contributed by atoms with Crippen LogP contribution >= 0.6 is 0 Å². The van der Waals surface area contributed by atoms with Crippen molar-refractivity contribution in [2.45, 2.75) is 13.8 Å². The number of rotatable bonds is 4. The lowest BCUT2D eigenvalue weighted by atomic mass is 10.1. The molecule has 0 spiro atoms. The third kappa shape index (κ3) is 4.22. The second-order valence-electron chi connectivity index (χ2n) is 6.87. The molecule has 0 unspecified atom stereocenters. The Hall–Kier alpha value is -2.84. The molecule has 1 aliphatic rings. The van der Waals surface area contributed by atoms with Gasteiger partial charge in [-0.25, -0.2) is 0 Å². The van der Waals surface area contributed by atoms with Crippen LogP contribution in [0.15, 0.2) is 42.5 Å². The molecule has 26 heavy (non-hydrogen) atoms. The highest BCUT2D eigenvalue weighted by Gasteiger charge is 2.23. The van der Waals surface area contributed by atoms with Crippen LogP contribution < -0.4 is 15.1 Å². The van der Waals surface area contributed by atoms with E-state index in [1.807, 2.05) is 6.07 Å². The van der Waals surface area contributed by atoms with Gasteiger partial charge in [-0.15, -0.1) is 0 Å². The minimum atomic E-state index is -0.00437. The van der Waals surface area contributed by atoms with Crippen molar-refractivity contribution < 1.29 is 9.69 Å². The fourth-order valence-electron chi connectivity index (χ4n) is 3.42. The molecule has 2 N–H and O–H groups in total. The number of nitriles is 1. The van der Waals surface area contributed by atoms with E-state index >= 15 is 0 Å². The van der Waals surface area contributed by atoms with Gasteiger partial charge in [0.15, 0.2) is 6.54 Å². The minimum absolute atomic E-state index is 0.00437. The Morgan fingerprint density at radius 3 is 2.65 bits per heavy atom. The van der Waals surface area contributed by atoms with Gasteiger partial charge in [0.1, 0.15) is 0 Å². The zero-order valence-electron chi connectivity index (χ0n) is 15.4. The Bertz CT molecular complexity index is 832. The number of hydrogen-bond acceptors (Lipinski definition) is 3. The molecule has 1 aliphatic heterocycles. The average Bonchev–Trinajstić information content (AvgIpc) is 2.65. The SMILES string of the molecule is Cc1cccc(N2CC[NH+](CC(=O)Nc3cccc(C#N)c3)CC2)c1C. The standard InChI is InChI=1S/C21H24N4O/c1-16-5-3-8-20(17(16)2)25-11-9-24(10-12-25)15-21(26)23-19-7-4-6-18(13-19)14-22/h3-8,13H,9-12,15H2,1-2H3,(H,23,26)/p+1. The third-order valence-electron chi connectivity index (χ3n) is 5.07. The molecule has 0 aliphatic carbocycles. The van der Waals surface area contributed by atoms with E-state index in [4.69, 9.17) is 5.26 Å². The van der Waals surface area contributed by atoms with Crippen LogP contribution in [0.5, 0.6) is 0 Å². The maximum absolute atomic E-state index is 12.3. The van der Waals surface area contributed by atoms with Crippen molar-refractivity contribution in [3.8, 4) is 6.07 Å². The lowest BCUT2D eigenvalue weighted by Gasteiger charge is -2.34. The Morgan fingerprint density at radius 2 is 1.92 bits per heavy atom. The van der Waals surface area contributed by atoms with Crippen LogP contribution in [0.4, 0.5) is 11.4 Å². The second-order valence-corrected chi connectivity index (χ2v) is 6.87. The molecule has 0 bridgehead atoms. The summed E-state index contributed by atoms with van der Waals surface area (Å²) >= 11 is 0. The van der Waals surface area contributed by atoms with E-state index in [0.29, 0.717) is 17.8 Å². The first-order chi connectivity index (χ1) is 12.6. The largest absolute Gasteiger partial charge is 0.360 e. The number of nitrogens with one attached hydrogen (secondary N) is 2. The molecule has 0 radical (unpaired) electrons. The van der Waals surface area contributed by atoms with Gasteiger partial charge in [0.25, 0.3) is 5.91 Å². The van der Waals surface area contributed by atoms with Gasteiger partial charge in [-0.1, -0.05) is 18.2 Å². The van der Waals surface area contributed by atoms with Crippen molar-refractivity contribution in [1.29, 1.82) is 5.26 Å². The van der Waals surface area contributed by atoms with Crippen LogP contribution in [0.1, 0.15) is 16.7 Å². The first kappa shape index (κ1) is 18.0. The molecular weight excluding hydrogens is 324 g/mol. The van der Waals surface area contributed by atoms with Gasteiger partial charge >= 0.3 is 0 Å². The number of piperazine rings is 1. The number of benzene rings is 2. The molecule has 2 aromatic carbocycles. The number of carbonyl (C=O) groups excluding carboxylic acids is 1. The van der Waals surface area contributed by atoms with Crippen molar-refractivity contribution in [3.63, 3.8) is 0 Å². The lowest BCUT2D eigenvalue weighted by Crippen LogP contribution is -3.15. The summed E-state index contributed by atoms with van der Waals surface area (Å²) in [5.74, 6) is -0.00437. The lowest BCUT2D eigenvalue weighted by molar-refractivity contribution is -0.892. The molecule has 0 saturated carbocycles. The maximum Gasteiger partial charge on any atom is 0.279 e. The van der Waals surface area contributed by atoms with Crippen LogP contribution in [0.2, 0.25) is 0 Å². The molecule has 2 aromatic rings. The molecule has 1 heterocycles. The van der Waals surface area contributed by atoms with Gasteiger partial charge in [0, 0.05) is 11.4 Å². The van der Waals surface area contributed by atoms with E-state index < -0.39 is 0 Å². The number of quaternary nitrogens is 1. The Morgan fingerprint density at radius 1 is 1.19 bits per heavy atom. The Kier molecular flexibility index (Phi) is 5.55. The minimum Gasteiger partial charge on any atom is -0.360 e. The zero-order chi connectivity index (χ0) is 18.5. The smallest absolute Gasteiger partial charge is 0.279 e. The summed E-state index contributed by atoms with van der Waals surface area (Å²) in [6, 6.07) is 15.6. The van der Waals surface area contributed by atoms with Crippen LogP contribution in [0.25, 0.3) is 0 Å². The molecule has 134 valence electrons. The predicted octanol–water partition coefficient (Wildman–Crippen LogP) is 1.52.